The molecule has 0 spiro atoms. The van der Waals surface area contributed by atoms with E-state index in [9.17, 15) is 9.59 Å². The van der Waals surface area contributed by atoms with Crippen LogP contribution in [0.2, 0.25) is 0 Å². The smallest absolute Gasteiger partial charge is 0.337 e. The van der Waals surface area contributed by atoms with Gasteiger partial charge in [-0.3, -0.25) is 9.78 Å². The molecule has 5 aromatic rings. The summed E-state index contributed by atoms with van der Waals surface area (Å²) in [6.45, 7) is 4.05. The van der Waals surface area contributed by atoms with Crippen LogP contribution in [0.1, 0.15) is 45.1 Å². The van der Waals surface area contributed by atoms with E-state index in [2.05, 4.69) is 45.0 Å². The summed E-state index contributed by atoms with van der Waals surface area (Å²) in [6, 6.07) is 31.8. The molecule has 3 aromatic carbocycles. The number of hydrogen-bond donors (Lipinski definition) is 2. The third-order valence-corrected chi connectivity index (χ3v) is 8.29. The molecule has 2 N–H and O–H groups in total. The van der Waals surface area contributed by atoms with Gasteiger partial charge in [-0.25, -0.2) is 4.79 Å². The number of nitrogens with zero attached hydrogens (tertiary/aromatic N) is 3. The maximum Gasteiger partial charge on any atom is 0.337 e. The Morgan fingerprint density at radius 1 is 0.913 bits per heavy atom. The Morgan fingerprint density at radius 3 is 2.28 bits per heavy atom. The molecule has 1 fully saturated rings. The summed E-state index contributed by atoms with van der Waals surface area (Å²) < 4.78 is 12.6. The number of carbonyl (C=O) groups excluding carboxylic acids is 2. The number of thiocarbonyl (C=S) groups is 1. The average molecular weight is 632 g/mol. The largest absolute Gasteiger partial charge is 0.484 e. The third kappa shape index (κ3) is 6.20. The number of methoxy groups -OCH3 is 1. The topological polar surface area (TPSA) is 97.7 Å². The number of rotatable bonds is 9. The fourth-order valence-corrected chi connectivity index (χ4v) is 6.21. The zero-order valence-electron chi connectivity index (χ0n) is 25.6. The van der Waals surface area contributed by atoms with Gasteiger partial charge in [0.25, 0.3) is 5.91 Å². The number of benzene rings is 3. The second-order valence-corrected chi connectivity index (χ2v) is 11.3. The van der Waals surface area contributed by atoms with Gasteiger partial charge in [0.15, 0.2) is 11.7 Å². The maximum atomic E-state index is 12.6. The summed E-state index contributed by atoms with van der Waals surface area (Å²) in [7, 11) is 1.37. The predicted octanol–water partition coefficient (Wildman–Crippen LogP) is 6.47. The highest BCUT2D eigenvalue weighted by Gasteiger charge is 2.42. The number of esters is 1. The number of ether oxygens (including phenoxy) is 2. The Balaban J connectivity index is 1.30. The zero-order chi connectivity index (χ0) is 32.2. The lowest BCUT2D eigenvalue weighted by atomic mass is 9.96. The second-order valence-electron chi connectivity index (χ2n) is 10.9. The van der Waals surface area contributed by atoms with Crippen molar-refractivity contribution in [2.24, 2.45) is 0 Å². The summed E-state index contributed by atoms with van der Waals surface area (Å²) in [4.78, 5) is 31.4. The summed E-state index contributed by atoms with van der Waals surface area (Å²) >= 11 is 5.94. The highest BCUT2D eigenvalue weighted by molar-refractivity contribution is 7.80. The Bertz CT molecular complexity index is 1860. The normalized spacial score (nSPS) is 15.7. The van der Waals surface area contributed by atoms with Crippen molar-refractivity contribution < 1.29 is 19.1 Å². The number of nitrogens with one attached hydrogen (secondary N) is 2. The lowest BCUT2D eigenvalue weighted by Crippen LogP contribution is -2.29. The molecule has 46 heavy (non-hydrogen) atoms. The number of amides is 1. The van der Waals surface area contributed by atoms with Crippen molar-refractivity contribution in [1.29, 1.82) is 0 Å². The van der Waals surface area contributed by atoms with Gasteiger partial charge in [0, 0.05) is 34.6 Å². The van der Waals surface area contributed by atoms with Crippen LogP contribution in [0, 0.1) is 13.8 Å². The molecule has 1 aliphatic heterocycles. The summed E-state index contributed by atoms with van der Waals surface area (Å²) in [5.74, 6) is 0.00269. The first kappa shape index (κ1) is 30.5. The van der Waals surface area contributed by atoms with Crippen LogP contribution >= 0.6 is 12.2 Å². The highest BCUT2D eigenvalue weighted by atomic mass is 32.1. The van der Waals surface area contributed by atoms with E-state index in [1.807, 2.05) is 84.9 Å². The number of carbonyl (C=O) groups is 2. The standard InChI is InChI=1S/C36H33N5O4S/c1-23-21-30(24(2)40(23)27-16-12-25(13-17-27)35(43)44-3)34-33(31-11-7-8-20-37-31)39-36(46)41(34)28-18-14-26(15-19-28)38-32(42)22-45-29-9-5-4-6-10-29/h4-21,33-34H,22H2,1-3H3,(H,38,42)(H,39,46)/t33-,34-/m0/s1. The predicted molar refractivity (Wildman–Crippen MR) is 182 cm³/mol. The van der Waals surface area contributed by atoms with Crippen molar-refractivity contribution >= 4 is 40.6 Å². The van der Waals surface area contributed by atoms with E-state index in [1.165, 1.54) is 7.11 Å². The molecule has 0 radical (unpaired) electrons. The number of pyridine rings is 1. The molecule has 1 aliphatic rings. The highest BCUT2D eigenvalue weighted by Crippen LogP contribution is 2.44. The zero-order valence-corrected chi connectivity index (χ0v) is 26.5. The number of aryl methyl sites for hydroxylation is 1. The van der Waals surface area contributed by atoms with Gasteiger partial charge in [0.05, 0.1) is 30.5 Å². The number of para-hydroxylation sites is 1. The molecule has 0 bridgehead atoms. The minimum atomic E-state index is -0.376. The molecule has 1 saturated heterocycles. The molecule has 3 heterocycles. The van der Waals surface area contributed by atoms with Gasteiger partial charge in [-0.1, -0.05) is 24.3 Å². The summed E-state index contributed by atoms with van der Waals surface area (Å²) in [6.07, 6.45) is 1.78. The van der Waals surface area contributed by atoms with Crippen LogP contribution < -0.4 is 20.3 Å². The van der Waals surface area contributed by atoms with E-state index < -0.39 is 0 Å². The number of hydrogen-bond acceptors (Lipinski definition) is 6. The van der Waals surface area contributed by atoms with Crippen molar-refractivity contribution in [2.45, 2.75) is 25.9 Å². The summed E-state index contributed by atoms with van der Waals surface area (Å²) in [5.41, 5.74) is 6.95. The van der Waals surface area contributed by atoms with Gasteiger partial charge >= 0.3 is 5.97 Å². The fourth-order valence-electron chi connectivity index (χ4n) is 5.87. The lowest BCUT2D eigenvalue weighted by molar-refractivity contribution is -0.118. The van der Waals surface area contributed by atoms with E-state index in [-0.39, 0.29) is 30.6 Å². The van der Waals surface area contributed by atoms with Gasteiger partial charge in [0.2, 0.25) is 0 Å². The van der Waals surface area contributed by atoms with Crippen LogP contribution in [-0.2, 0) is 9.53 Å². The molecule has 0 saturated carbocycles. The lowest BCUT2D eigenvalue weighted by Gasteiger charge is -2.28. The first-order valence-electron chi connectivity index (χ1n) is 14.8. The monoisotopic (exact) mass is 631 g/mol. The minimum Gasteiger partial charge on any atom is -0.484 e. The van der Waals surface area contributed by atoms with E-state index >= 15 is 0 Å². The molecule has 0 unspecified atom stereocenters. The average Bonchev–Trinajstić information content (AvgIpc) is 3.59. The van der Waals surface area contributed by atoms with Crippen LogP contribution in [0.4, 0.5) is 11.4 Å². The van der Waals surface area contributed by atoms with Crippen LogP contribution in [0.5, 0.6) is 5.75 Å². The Kier molecular flexibility index (Phi) is 8.80. The molecule has 6 rings (SSSR count). The first-order chi connectivity index (χ1) is 22.3. The summed E-state index contributed by atoms with van der Waals surface area (Å²) in [5, 5.41) is 6.98. The van der Waals surface area contributed by atoms with Crippen molar-refractivity contribution in [1.82, 2.24) is 14.9 Å². The fraction of sp³-hybridized carbons (Fsp3) is 0.167. The Morgan fingerprint density at radius 2 is 1.61 bits per heavy atom. The van der Waals surface area contributed by atoms with Crippen molar-refractivity contribution in [2.75, 3.05) is 23.9 Å². The molecular weight excluding hydrogens is 598 g/mol. The van der Waals surface area contributed by atoms with E-state index in [0.29, 0.717) is 22.1 Å². The van der Waals surface area contributed by atoms with Gasteiger partial charge in [-0.15, -0.1) is 0 Å². The van der Waals surface area contributed by atoms with Crippen molar-refractivity contribution in [3.8, 4) is 11.4 Å². The SMILES string of the molecule is COC(=O)c1ccc(-n2c(C)cc([C@H]3[C@H](c4ccccn4)NC(=S)N3c3ccc(NC(=O)COc4ccccc4)cc3)c2C)cc1. The van der Waals surface area contributed by atoms with E-state index in [4.69, 9.17) is 21.7 Å². The number of anilines is 2. The van der Waals surface area contributed by atoms with Gasteiger partial charge < -0.3 is 29.6 Å². The quantitative estimate of drug-likeness (QED) is 0.141. The Labute approximate surface area is 272 Å². The molecule has 1 amide bonds. The van der Waals surface area contributed by atoms with Crippen LogP contribution in [0.25, 0.3) is 5.69 Å². The molecule has 10 heteroatoms. The minimum absolute atomic E-state index is 0.0965. The van der Waals surface area contributed by atoms with E-state index in [1.54, 1.807) is 18.3 Å². The van der Waals surface area contributed by atoms with Gasteiger partial charge in [-0.05, 0) is 110 Å². The second kappa shape index (κ2) is 13.3. The Hall–Kier alpha value is -5.48. The third-order valence-electron chi connectivity index (χ3n) is 7.98. The molecule has 2 atom stereocenters. The van der Waals surface area contributed by atoms with Crippen molar-refractivity contribution in [3.63, 3.8) is 0 Å². The van der Waals surface area contributed by atoms with Gasteiger partial charge in [-0.2, -0.15) is 0 Å². The first-order valence-corrected chi connectivity index (χ1v) is 15.2. The molecule has 232 valence electrons. The molecular formula is C36H33N5O4S. The van der Waals surface area contributed by atoms with Crippen LogP contribution in [0.15, 0.2) is 109 Å². The van der Waals surface area contributed by atoms with Crippen LogP contribution in [0.3, 0.4) is 0 Å². The van der Waals surface area contributed by atoms with Crippen LogP contribution in [-0.4, -0.2) is 40.3 Å². The molecule has 9 nitrogen and oxygen atoms in total. The molecule has 0 aliphatic carbocycles. The van der Waals surface area contributed by atoms with Crippen molar-refractivity contribution in [3.05, 3.63) is 138 Å². The molecule has 2 aromatic heterocycles. The number of aromatic nitrogens is 2. The van der Waals surface area contributed by atoms with Gasteiger partial charge in [0.1, 0.15) is 5.75 Å². The maximum absolute atomic E-state index is 12.6. The van der Waals surface area contributed by atoms with E-state index in [0.717, 1.165) is 34.0 Å².